The van der Waals surface area contributed by atoms with Crippen LogP contribution in [0.4, 0.5) is 0 Å². The van der Waals surface area contributed by atoms with Gasteiger partial charge in [0, 0.05) is 13.0 Å². The Morgan fingerprint density at radius 3 is 2.60 bits per heavy atom. The Hall–Kier alpha value is -1.15. The summed E-state index contributed by atoms with van der Waals surface area (Å²) in [5.74, 6) is 0.262. The van der Waals surface area contributed by atoms with Gasteiger partial charge in [0.2, 0.25) is 0 Å². The van der Waals surface area contributed by atoms with Crippen molar-refractivity contribution in [2.45, 2.75) is 32.8 Å². The Balaban J connectivity index is 2.00. The lowest BCUT2D eigenvalue weighted by atomic mass is 10.2. The molecule has 0 aliphatic rings. The quantitative estimate of drug-likeness (QED) is 0.641. The van der Waals surface area contributed by atoms with Crippen LogP contribution in [0.2, 0.25) is 0 Å². The Morgan fingerprint density at radius 1 is 1.20 bits per heavy atom. The Bertz CT molecular complexity index is 280. The minimum atomic E-state index is 0.262. The lowest BCUT2D eigenvalue weighted by Gasteiger charge is -2.03. The predicted octanol–water partition coefficient (Wildman–Crippen LogP) is 2.96. The molecular weight excluding hydrogens is 188 g/mol. The number of unbranched alkanes of at least 4 members (excludes halogenated alkanes) is 1. The molecule has 0 aromatic heterocycles. The molecule has 0 radical (unpaired) electrons. The van der Waals surface area contributed by atoms with Crippen molar-refractivity contribution < 1.29 is 9.53 Å². The normalized spacial score (nSPS) is 10.2. The van der Waals surface area contributed by atoms with E-state index in [1.165, 1.54) is 5.56 Å². The van der Waals surface area contributed by atoms with Crippen molar-refractivity contribution >= 4 is 5.78 Å². The van der Waals surface area contributed by atoms with E-state index in [4.69, 9.17) is 4.74 Å². The number of benzene rings is 1. The first kappa shape index (κ1) is 11.9. The molecule has 0 bridgehead atoms. The van der Waals surface area contributed by atoms with Crippen LogP contribution in [-0.4, -0.2) is 12.4 Å². The van der Waals surface area contributed by atoms with E-state index in [0.717, 1.165) is 19.4 Å². The van der Waals surface area contributed by atoms with Crippen molar-refractivity contribution in [1.82, 2.24) is 0 Å². The number of Topliss-reactive ketones (excluding diaryl/α,β-unsaturated/α-hetero) is 1. The number of carbonyl (C=O) groups is 1. The first-order chi connectivity index (χ1) is 7.29. The molecule has 0 fully saturated rings. The molecule has 0 atom stereocenters. The van der Waals surface area contributed by atoms with Crippen LogP contribution in [-0.2, 0) is 16.1 Å². The van der Waals surface area contributed by atoms with Crippen LogP contribution in [0.5, 0.6) is 0 Å². The Morgan fingerprint density at radius 2 is 1.93 bits per heavy atom. The first-order valence-corrected chi connectivity index (χ1v) is 5.40. The topological polar surface area (TPSA) is 26.3 Å². The zero-order valence-electron chi connectivity index (χ0n) is 9.24. The molecule has 1 aromatic carbocycles. The third-order valence-corrected chi connectivity index (χ3v) is 2.18. The standard InChI is InChI=1S/C13H18O2/c1-12(14)7-5-6-10-15-11-13-8-3-2-4-9-13/h2-4,8-9H,5-7,10-11H2,1H3. The average Bonchev–Trinajstić information content (AvgIpc) is 2.24. The second kappa shape index (κ2) is 7.18. The van der Waals surface area contributed by atoms with Crippen LogP contribution in [0.25, 0.3) is 0 Å². The van der Waals surface area contributed by atoms with Gasteiger partial charge in [-0.3, -0.25) is 0 Å². The SMILES string of the molecule is CC(=O)CCCCOCc1ccccc1. The van der Waals surface area contributed by atoms with Crippen molar-refractivity contribution in [2.75, 3.05) is 6.61 Å². The number of rotatable bonds is 7. The van der Waals surface area contributed by atoms with E-state index >= 15 is 0 Å². The third kappa shape index (κ3) is 6.02. The van der Waals surface area contributed by atoms with Gasteiger partial charge in [0.05, 0.1) is 6.61 Å². The van der Waals surface area contributed by atoms with Gasteiger partial charge in [0.15, 0.2) is 0 Å². The van der Waals surface area contributed by atoms with Gasteiger partial charge in [-0.15, -0.1) is 0 Å². The summed E-state index contributed by atoms with van der Waals surface area (Å²) in [4.78, 5) is 10.7. The molecule has 15 heavy (non-hydrogen) atoms. The van der Waals surface area contributed by atoms with E-state index in [-0.39, 0.29) is 5.78 Å². The van der Waals surface area contributed by atoms with Crippen LogP contribution >= 0.6 is 0 Å². The molecule has 82 valence electrons. The molecule has 1 aromatic rings. The van der Waals surface area contributed by atoms with E-state index in [0.29, 0.717) is 13.0 Å². The molecule has 0 unspecified atom stereocenters. The predicted molar refractivity (Wildman–Crippen MR) is 60.6 cm³/mol. The van der Waals surface area contributed by atoms with E-state index in [1.807, 2.05) is 18.2 Å². The maximum absolute atomic E-state index is 10.7. The number of ketones is 1. The number of hydrogen-bond donors (Lipinski definition) is 0. The largest absolute Gasteiger partial charge is 0.377 e. The highest BCUT2D eigenvalue weighted by molar-refractivity contribution is 5.75. The summed E-state index contributed by atoms with van der Waals surface area (Å²) in [6, 6.07) is 10.1. The molecular formula is C13H18O2. The number of ether oxygens (including phenoxy) is 1. The second-order valence-electron chi connectivity index (χ2n) is 3.70. The molecule has 0 heterocycles. The van der Waals surface area contributed by atoms with E-state index < -0.39 is 0 Å². The van der Waals surface area contributed by atoms with Crippen LogP contribution in [0.3, 0.4) is 0 Å². The van der Waals surface area contributed by atoms with Crippen molar-refractivity contribution in [2.24, 2.45) is 0 Å². The van der Waals surface area contributed by atoms with Crippen LogP contribution in [0.1, 0.15) is 31.7 Å². The van der Waals surface area contributed by atoms with Crippen LogP contribution in [0.15, 0.2) is 30.3 Å². The maximum Gasteiger partial charge on any atom is 0.129 e. The lowest BCUT2D eigenvalue weighted by Crippen LogP contribution is -1.97. The van der Waals surface area contributed by atoms with Crippen molar-refractivity contribution in [3.8, 4) is 0 Å². The zero-order chi connectivity index (χ0) is 10.9. The molecule has 2 nitrogen and oxygen atoms in total. The average molecular weight is 206 g/mol. The lowest BCUT2D eigenvalue weighted by molar-refractivity contribution is -0.117. The molecule has 1 rings (SSSR count). The highest BCUT2D eigenvalue weighted by Crippen LogP contribution is 2.02. The summed E-state index contributed by atoms with van der Waals surface area (Å²) in [5, 5.41) is 0. The first-order valence-electron chi connectivity index (χ1n) is 5.40. The molecule has 0 saturated carbocycles. The monoisotopic (exact) mass is 206 g/mol. The van der Waals surface area contributed by atoms with Gasteiger partial charge < -0.3 is 9.53 Å². The molecule has 2 heteroatoms. The summed E-state index contributed by atoms with van der Waals surface area (Å²) >= 11 is 0. The molecule has 0 aliphatic heterocycles. The van der Waals surface area contributed by atoms with Crippen molar-refractivity contribution in [3.05, 3.63) is 35.9 Å². The van der Waals surface area contributed by atoms with E-state index in [2.05, 4.69) is 12.1 Å². The van der Waals surface area contributed by atoms with Crippen molar-refractivity contribution in [1.29, 1.82) is 0 Å². The molecule has 0 amide bonds. The van der Waals surface area contributed by atoms with Gasteiger partial charge in [0.25, 0.3) is 0 Å². The van der Waals surface area contributed by atoms with Crippen molar-refractivity contribution in [3.63, 3.8) is 0 Å². The highest BCUT2D eigenvalue weighted by Gasteiger charge is 1.94. The highest BCUT2D eigenvalue weighted by atomic mass is 16.5. The fraction of sp³-hybridized carbons (Fsp3) is 0.462. The van der Waals surface area contributed by atoms with Gasteiger partial charge in [-0.2, -0.15) is 0 Å². The van der Waals surface area contributed by atoms with E-state index in [1.54, 1.807) is 6.92 Å². The fourth-order valence-electron chi connectivity index (χ4n) is 1.34. The zero-order valence-corrected chi connectivity index (χ0v) is 9.24. The smallest absolute Gasteiger partial charge is 0.129 e. The second-order valence-corrected chi connectivity index (χ2v) is 3.70. The van der Waals surface area contributed by atoms with Gasteiger partial charge in [-0.05, 0) is 25.3 Å². The molecule has 0 saturated heterocycles. The summed E-state index contributed by atoms with van der Waals surface area (Å²) < 4.78 is 5.49. The number of carbonyl (C=O) groups excluding carboxylic acids is 1. The molecule has 0 aliphatic carbocycles. The Kier molecular flexibility index (Phi) is 5.71. The summed E-state index contributed by atoms with van der Waals surface area (Å²) in [7, 11) is 0. The van der Waals surface area contributed by atoms with Gasteiger partial charge in [-0.25, -0.2) is 0 Å². The summed E-state index contributed by atoms with van der Waals surface area (Å²) in [6.07, 6.45) is 2.57. The number of hydrogen-bond acceptors (Lipinski definition) is 2. The summed E-state index contributed by atoms with van der Waals surface area (Å²) in [5.41, 5.74) is 1.20. The maximum atomic E-state index is 10.7. The minimum absolute atomic E-state index is 0.262. The van der Waals surface area contributed by atoms with Gasteiger partial charge in [-0.1, -0.05) is 30.3 Å². The third-order valence-electron chi connectivity index (χ3n) is 2.18. The van der Waals surface area contributed by atoms with Gasteiger partial charge in [0.1, 0.15) is 5.78 Å². The minimum Gasteiger partial charge on any atom is -0.377 e. The van der Waals surface area contributed by atoms with Crippen LogP contribution in [0, 0.1) is 0 Å². The van der Waals surface area contributed by atoms with E-state index in [9.17, 15) is 4.79 Å². The Labute approximate surface area is 91.3 Å². The fourth-order valence-corrected chi connectivity index (χ4v) is 1.34. The molecule has 0 spiro atoms. The molecule has 0 N–H and O–H groups in total. The van der Waals surface area contributed by atoms with Gasteiger partial charge >= 0.3 is 0 Å². The van der Waals surface area contributed by atoms with Crippen LogP contribution < -0.4 is 0 Å². The summed E-state index contributed by atoms with van der Waals surface area (Å²) in [6.45, 7) is 3.04.